The van der Waals surface area contributed by atoms with Crippen LogP contribution < -0.4 is 5.32 Å². The van der Waals surface area contributed by atoms with E-state index < -0.39 is 34.7 Å². The highest BCUT2D eigenvalue weighted by atomic mass is 19.4. The lowest BCUT2D eigenvalue weighted by Crippen LogP contribution is -2.72. The highest BCUT2D eigenvalue weighted by Gasteiger charge is 2.80. The summed E-state index contributed by atoms with van der Waals surface area (Å²) in [6.45, 7) is 4.55. The molecule has 0 aromatic heterocycles. The molecule has 1 aromatic carbocycles. The lowest BCUT2D eigenvalue weighted by atomic mass is 9.69. The van der Waals surface area contributed by atoms with Crippen molar-refractivity contribution in [2.75, 3.05) is 0 Å². The van der Waals surface area contributed by atoms with Gasteiger partial charge in [-0.15, -0.1) is 0 Å². The summed E-state index contributed by atoms with van der Waals surface area (Å²) in [5.74, 6) is -1.43. The standard InChI is InChI=1S/C20H20F6N2O/c1-12-27-18(19(21,22)23,20(24,25)26)16-14(9-17(2,3)10-15(16)29)28(12)11-13-7-5-4-6-8-13/h4-8H,9-11H2,1-3H3/p+1. The zero-order valence-electron chi connectivity index (χ0n) is 16.1. The second kappa shape index (κ2) is 6.60. The summed E-state index contributed by atoms with van der Waals surface area (Å²) in [6.07, 6.45) is -12.0. The van der Waals surface area contributed by atoms with E-state index in [-0.39, 0.29) is 30.9 Å². The fourth-order valence-corrected chi connectivity index (χ4v) is 4.11. The Kier molecular flexibility index (Phi) is 4.87. The summed E-state index contributed by atoms with van der Waals surface area (Å²) in [4.78, 5) is 12.7. The molecule has 1 aliphatic carbocycles. The van der Waals surface area contributed by atoms with E-state index in [0.29, 0.717) is 5.56 Å². The third-order valence-corrected chi connectivity index (χ3v) is 5.36. The van der Waals surface area contributed by atoms with Crippen LogP contribution >= 0.6 is 0 Å². The molecule has 1 aromatic rings. The van der Waals surface area contributed by atoms with Gasteiger partial charge >= 0.3 is 17.9 Å². The van der Waals surface area contributed by atoms with Gasteiger partial charge in [0.25, 0.3) is 0 Å². The van der Waals surface area contributed by atoms with Crippen LogP contribution in [0, 0.1) is 5.41 Å². The lowest BCUT2D eigenvalue weighted by molar-refractivity contribution is -0.508. The summed E-state index contributed by atoms with van der Waals surface area (Å²) in [7, 11) is 0. The first-order valence-corrected chi connectivity index (χ1v) is 9.03. The van der Waals surface area contributed by atoms with Gasteiger partial charge in [0.2, 0.25) is 5.84 Å². The molecule has 1 aliphatic heterocycles. The number of hydrogen-bond acceptors (Lipinski definition) is 2. The molecule has 0 unspecified atom stereocenters. The number of nitrogens with one attached hydrogen (secondary N) is 1. The number of rotatable bonds is 2. The number of carbonyl (C=O) groups excluding carboxylic acids is 1. The van der Waals surface area contributed by atoms with E-state index in [1.54, 1.807) is 49.5 Å². The third-order valence-electron chi connectivity index (χ3n) is 5.36. The highest BCUT2D eigenvalue weighted by molar-refractivity contribution is 6.01. The summed E-state index contributed by atoms with van der Waals surface area (Å²) < 4.78 is 85.1. The smallest absolute Gasteiger partial charge is 0.294 e. The average molecular weight is 419 g/mol. The first-order valence-electron chi connectivity index (χ1n) is 9.03. The van der Waals surface area contributed by atoms with Crippen LogP contribution in [0.2, 0.25) is 0 Å². The molecule has 1 N–H and O–H groups in total. The second-order valence-electron chi connectivity index (χ2n) is 8.29. The Hall–Kier alpha value is -2.32. The molecular weight excluding hydrogens is 398 g/mol. The average Bonchev–Trinajstić information content (AvgIpc) is 2.55. The topological polar surface area (TPSA) is 32.1 Å². The van der Waals surface area contributed by atoms with Crippen LogP contribution in [-0.2, 0) is 11.3 Å². The quantitative estimate of drug-likeness (QED) is 0.556. The Morgan fingerprint density at radius 1 is 1.00 bits per heavy atom. The Morgan fingerprint density at radius 3 is 2.07 bits per heavy atom. The lowest BCUT2D eigenvalue weighted by Gasteiger charge is -2.43. The molecule has 0 fully saturated rings. The Labute approximate surface area is 164 Å². The number of hydrogen-bond donors (Lipinski definition) is 1. The minimum absolute atomic E-state index is 0.0493. The maximum absolute atomic E-state index is 14.0. The van der Waals surface area contributed by atoms with Gasteiger partial charge in [-0.05, 0) is 11.0 Å². The third kappa shape index (κ3) is 3.44. The number of carbonyl (C=O) groups is 1. The van der Waals surface area contributed by atoms with Gasteiger partial charge < -0.3 is 0 Å². The normalized spacial score (nSPS) is 21.8. The molecule has 0 saturated heterocycles. The Morgan fingerprint density at radius 2 is 1.55 bits per heavy atom. The molecule has 3 rings (SSSR count). The number of Topliss-reactive ketones (excluding diaryl/α,β-unsaturated/α-hetero) is 1. The van der Waals surface area contributed by atoms with Crippen LogP contribution in [0.5, 0.6) is 0 Å². The Bertz CT molecular complexity index is 880. The van der Waals surface area contributed by atoms with Gasteiger partial charge in [-0.25, -0.2) is 4.58 Å². The fourth-order valence-electron chi connectivity index (χ4n) is 4.11. The number of alkyl halides is 6. The molecule has 0 spiro atoms. The SMILES string of the molecule is CC1=[N+](Cc2ccccc2)C2=C(C(=O)CC(C)(C)C2)C(C(F)(F)F)(C(F)(F)F)N1. The van der Waals surface area contributed by atoms with E-state index in [1.807, 2.05) is 0 Å². The molecule has 158 valence electrons. The number of nitrogens with zero attached hydrogens (tertiary/aromatic N) is 1. The van der Waals surface area contributed by atoms with Gasteiger partial charge in [0.05, 0.1) is 0 Å². The van der Waals surface area contributed by atoms with Crippen LogP contribution in [0.3, 0.4) is 0 Å². The van der Waals surface area contributed by atoms with Gasteiger partial charge in [0.1, 0.15) is 17.8 Å². The largest absolute Gasteiger partial charge is 0.446 e. The van der Waals surface area contributed by atoms with Gasteiger partial charge in [0, 0.05) is 19.8 Å². The van der Waals surface area contributed by atoms with Crippen LogP contribution in [0.25, 0.3) is 0 Å². The molecule has 1 heterocycles. The van der Waals surface area contributed by atoms with E-state index in [1.165, 1.54) is 11.5 Å². The van der Waals surface area contributed by atoms with Crippen molar-refractivity contribution >= 4 is 11.6 Å². The molecule has 9 heteroatoms. The Balaban J connectivity index is 2.29. The molecule has 3 nitrogen and oxygen atoms in total. The molecule has 0 amide bonds. The van der Waals surface area contributed by atoms with Crippen molar-refractivity contribution in [3.05, 3.63) is 47.2 Å². The van der Waals surface area contributed by atoms with E-state index in [9.17, 15) is 31.1 Å². The number of benzene rings is 1. The fraction of sp³-hybridized carbons (Fsp3) is 0.500. The molecule has 0 radical (unpaired) electrons. The maximum Gasteiger partial charge on any atom is 0.446 e. The monoisotopic (exact) mass is 419 g/mol. The maximum atomic E-state index is 14.0. The predicted octanol–water partition coefficient (Wildman–Crippen LogP) is 4.73. The first kappa shape index (κ1) is 21.4. The minimum atomic E-state index is -5.75. The number of amidine groups is 1. The van der Waals surface area contributed by atoms with E-state index >= 15 is 0 Å². The van der Waals surface area contributed by atoms with E-state index in [0.717, 1.165) is 0 Å². The van der Waals surface area contributed by atoms with Crippen molar-refractivity contribution in [3.63, 3.8) is 0 Å². The number of allylic oxidation sites excluding steroid dienone is 1. The van der Waals surface area contributed by atoms with Crippen molar-refractivity contribution in [1.29, 1.82) is 0 Å². The summed E-state index contributed by atoms with van der Waals surface area (Å²) in [6, 6.07) is 8.65. The summed E-state index contributed by atoms with van der Waals surface area (Å²) >= 11 is 0. The van der Waals surface area contributed by atoms with Gasteiger partial charge in [-0.3, -0.25) is 10.1 Å². The van der Waals surface area contributed by atoms with E-state index in [4.69, 9.17) is 0 Å². The summed E-state index contributed by atoms with van der Waals surface area (Å²) in [5.41, 5.74) is -5.94. The van der Waals surface area contributed by atoms with Crippen molar-refractivity contribution in [2.24, 2.45) is 5.41 Å². The highest BCUT2D eigenvalue weighted by Crippen LogP contribution is 2.53. The van der Waals surface area contributed by atoms with Gasteiger partial charge in [0.15, 0.2) is 5.78 Å². The molecule has 0 bridgehead atoms. The summed E-state index contributed by atoms with van der Waals surface area (Å²) in [5, 5.41) is 1.65. The molecular formula is C20H21F6N2O+. The van der Waals surface area contributed by atoms with Gasteiger partial charge in [-0.1, -0.05) is 44.2 Å². The molecule has 29 heavy (non-hydrogen) atoms. The van der Waals surface area contributed by atoms with Crippen LogP contribution in [0.4, 0.5) is 26.3 Å². The van der Waals surface area contributed by atoms with Gasteiger partial charge in [-0.2, -0.15) is 26.3 Å². The predicted molar refractivity (Wildman–Crippen MR) is 94.1 cm³/mol. The van der Waals surface area contributed by atoms with Crippen molar-refractivity contribution in [2.45, 2.75) is 58.0 Å². The number of halogens is 6. The minimum Gasteiger partial charge on any atom is -0.294 e. The van der Waals surface area contributed by atoms with Crippen molar-refractivity contribution in [3.8, 4) is 0 Å². The zero-order chi connectivity index (χ0) is 21.8. The van der Waals surface area contributed by atoms with Crippen molar-refractivity contribution < 1.29 is 35.7 Å². The van der Waals surface area contributed by atoms with E-state index in [2.05, 4.69) is 0 Å². The number of ketones is 1. The van der Waals surface area contributed by atoms with Crippen LogP contribution in [0.1, 0.15) is 39.2 Å². The van der Waals surface area contributed by atoms with Crippen LogP contribution in [-0.4, -0.2) is 34.1 Å². The first-order chi connectivity index (χ1) is 13.2. The second-order valence-corrected chi connectivity index (χ2v) is 8.29. The zero-order valence-corrected chi connectivity index (χ0v) is 16.1. The molecule has 0 atom stereocenters. The molecule has 2 aliphatic rings. The van der Waals surface area contributed by atoms with Crippen LogP contribution in [0.15, 0.2) is 41.6 Å². The van der Waals surface area contributed by atoms with Crippen molar-refractivity contribution in [1.82, 2.24) is 5.32 Å². The molecule has 0 saturated carbocycles.